The van der Waals surface area contributed by atoms with Crippen LogP contribution in [0.1, 0.15) is 25.8 Å². The van der Waals surface area contributed by atoms with E-state index in [2.05, 4.69) is 5.32 Å². The predicted octanol–water partition coefficient (Wildman–Crippen LogP) is 4.30. The maximum Gasteiger partial charge on any atom is 0.335 e. The molecule has 0 saturated carbocycles. The van der Waals surface area contributed by atoms with Gasteiger partial charge in [-0.1, -0.05) is 60.5 Å². The lowest BCUT2D eigenvalue weighted by Crippen LogP contribution is -2.50. The van der Waals surface area contributed by atoms with Crippen LogP contribution in [0.5, 0.6) is 0 Å². The number of carbonyl (C=O) groups is 1. The Kier molecular flexibility index (Phi) is 10.5. The highest BCUT2D eigenvalue weighted by Gasteiger charge is 2.31. The average molecular weight is 482 g/mol. The Morgan fingerprint density at radius 1 is 1.06 bits per heavy atom. The molecule has 0 bridgehead atoms. The van der Waals surface area contributed by atoms with Crippen molar-refractivity contribution in [2.45, 2.75) is 44.9 Å². The minimum absolute atomic E-state index is 0.287. The van der Waals surface area contributed by atoms with Gasteiger partial charge in [0.15, 0.2) is 6.10 Å². The molecule has 174 valence electrons. The number of carboxylic acids is 1. The molecule has 0 saturated heterocycles. The summed E-state index contributed by atoms with van der Waals surface area (Å²) < 4.78 is 5.46. The van der Waals surface area contributed by atoms with Crippen molar-refractivity contribution in [1.82, 2.24) is 5.32 Å². The third-order valence-corrected chi connectivity index (χ3v) is 5.31. The maximum atomic E-state index is 11.2. The quantitative estimate of drug-likeness (QED) is 0.360. The van der Waals surface area contributed by atoms with Crippen molar-refractivity contribution in [3.63, 3.8) is 0 Å². The molecule has 6 nitrogen and oxygen atoms in total. The number of ether oxygens (including phenoxy) is 1. The van der Waals surface area contributed by atoms with Gasteiger partial charge < -0.3 is 25.4 Å². The number of hydrogen-bond donors (Lipinski definition) is 4. The van der Waals surface area contributed by atoms with Gasteiger partial charge in [-0.2, -0.15) is 0 Å². The number of benzene rings is 2. The molecule has 8 heteroatoms. The molecule has 0 fully saturated rings. The summed E-state index contributed by atoms with van der Waals surface area (Å²) in [6.45, 7) is 4.65. The Labute approximate surface area is 198 Å². The Morgan fingerprint density at radius 3 is 2.22 bits per heavy atom. The summed E-state index contributed by atoms with van der Waals surface area (Å²) in [6, 6.07) is 12.1. The van der Waals surface area contributed by atoms with E-state index < -0.39 is 24.2 Å². The number of aliphatic carboxylic acids is 1. The van der Waals surface area contributed by atoms with Crippen LogP contribution in [0.4, 0.5) is 0 Å². The highest BCUT2D eigenvalue weighted by Crippen LogP contribution is 2.27. The summed E-state index contributed by atoms with van der Waals surface area (Å²) in [5, 5.41) is 33.9. The molecule has 0 aliphatic carbocycles. The van der Waals surface area contributed by atoms with Crippen molar-refractivity contribution in [2.24, 2.45) is 0 Å². The molecular formula is C24H29Cl2NO5. The van der Waals surface area contributed by atoms with Gasteiger partial charge in [0.05, 0.1) is 12.6 Å². The summed E-state index contributed by atoms with van der Waals surface area (Å²) in [5.74, 6) is -1.48. The molecule has 3 atom stereocenters. The van der Waals surface area contributed by atoms with Gasteiger partial charge >= 0.3 is 5.97 Å². The summed E-state index contributed by atoms with van der Waals surface area (Å²) in [7, 11) is 0. The summed E-state index contributed by atoms with van der Waals surface area (Å²) >= 11 is 12.2. The third kappa shape index (κ3) is 7.80. The second-order valence-electron chi connectivity index (χ2n) is 7.36. The molecule has 0 aliphatic rings. The molecule has 2 aromatic rings. The number of rotatable bonds is 12. The Bertz CT molecular complexity index is 897. The first-order valence-electron chi connectivity index (χ1n) is 10.4. The van der Waals surface area contributed by atoms with E-state index in [0.29, 0.717) is 23.3 Å². The van der Waals surface area contributed by atoms with Gasteiger partial charge in [-0.25, -0.2) is 4.79 Å². The number of aliphatic hydroxyl groups excluding tert-OH is 2. The van der Waals surface area contributed by atoms with Crippen molar-refractivity contribution in [2.75, 3.05) is 13.2 Å². The fraction of sp³-hybridized carbons (Fsp3) is 0.375. The Balaban J connectivity index is 2.25. The van der Waals surface area contributed by atoms with Crippen molar-refractivity contribution >= 4 is 29.2 Å². The fourth-order valence-electron chi connectivity index (χ4n) is 3.29. The summed E-state index contributed by atoms with van der Waals surface area (Å²) in [6.07, 6.45) is -0.517. The second-order valence-corrected chi connectivity index (χ2v) is 8.23. The van der Waals surface area contributed by atoms with Gasteiger partial charge in [-0.05, 0) is 54.7 Å². The van der Waals surface area contributed by atoms with Crippen LogP contribution < -0.4 is 5.32 Å². The Hall–Kier alpha value is -2.09. The first kappa shape index (κ1) is 26.2. The standard InChI is InChI=1S/C24H29Cl2NO5/c1-3-5-20(14-32-4-2)27-21(22(28)23(29)24(30)31)10-15-6-8-16(9-7-15)17-11-18(25)13-19(26)12-17/h5-9,11-13,21-23,27-29H,3-4,10,14H2,1-2H3,(H,30,31)/b20-5-. The monoisotopic (exact) mass is 481 g/mol. The topological polar surface area (TPSA) is 99.0 Å². The molecule has 0 amide bonds. The lowest BCUT2D eigenvalue weighted by atomic mass is 9.95. The van der Waals surface area contributed by atoms with Crippen molar-refractivity contribution in [1.29, 1.82) is 0 Å². The van der Waals surface area contributed by atoms with E-state index in [0.717, 1.165) is 28.8 Å². The average Bonchev–Trinajstić information content (AvgIpc) is 2.75. The van der Waals surface area contributed by atoms with Gasteiger partial charge in [-0.15, -0.1) is 0 Å². The molecule has 0 aromatic heterocycles. The Morgan fingerprint density at radius 2 is 1.69 bits per heavy atom. The van der Waals surface area contributed by atoms with E-state index in [1.54, 1.807) is 6.07 Å². The van der Waals surface area contributed by atoms with Crippen LogP contribution in [-0.4, -0.2) is 52.8 Å². The molecule has 32 heavy (non-hydrogen) atoms. The first-order valence-corrected chi connectivity index (χ1v) is 11.2. The van der Waals surface area contributed by atoms with E-state index >= 15 is 0 Å². The van der Waals surface area contributed by atoms with Crippen LogP contribution in [0.3, 0.4) is 0 Å². The van der Waals surface area contributed by atoms with Crippen molar-refractivity contribution < 1.29 is 24.9 Å². The molecule has 0 spiro atoms. The van der Waals surface area contributed by atoms with Crippen LogP contribution in [0.25, 0.3) is 11.1 Å². The number of hydrogen-bond acceptors (Lipinski definition) is 5. The van der Waals surface area contributed by atoms with Crippen LogP contribution in [0.15, 0.2) is 54.2 Å². The predicted molar refractivity (Wildman–Crippen MR) is 127 cm³/mol. The lowest BCUT2D eigenvalue weighted by molar-refractivity contribution is -0.153. The highest BCUT2D eigenvalue weighted by molar-refractivity contribution is 6.35. The van der Waals surface area contributed by atoms with Crippen LogP contribution >= 0.6 is 23.2 Å². The molecule has 0 radical (unpaired) electrons. The minimum Gasteiger partial charge on any atom is -0.479 e. The minimum atomic E-state index is -1.92. The van der Waals surface area contributed by atoms with Crippen LogP contribution in [-0.2, 0) is 16.0 Å². The zero-order valence-corrected chi connectivity index (χ0v) is 19.6. The van der Waals surface area contributed by atoms with Crippen molar-refractivity contribution in [3.05, 3.63) is 69.8 Å². The van der Waals surface area contributed by atoms with Crippen molar-refractivity contribution in [3.8, 4) is 11.1 Å². The van der Waals surface area contributed by atoms with E-state index in [1.807, 2.05) is 56.3 Å². The molecule has 0 aliphatic heterocycles. The van der Waals surface area contributed by atoms with Gasteiger partial charge in [0.2, 0.25) is 0 Å². The molecular weight excluding hydrogens is 453 g/mol. The number of nitrogens with one attached hydrogen (secondary N) is 1. The summed E-state index contributed by atoms with van der Waals surface area (Å²) in [5.41, 5.74) is 3.36. The lowest BCUT2D eigenvalue weighted by Gasteiger charge is -2.28. The third-order valence-electron chi connectivity index (χ3n) is 4.88. The molecule has 3 unspecified atom stereocenters. The number of aliphatic hydroxyl groups is 2. The molecule has 4 N–H and O–H groups in total. The second kappa shape index (κ2) is 12.8. The molecule has 2 aromatic carbocycles. The van der Waals surface area contributed by atoms with Gasteiger partial charge in [-0.3, -0.25) is 0 Å². The zero-order chi connectivity index (χ0) is 23.7. The largest absolute Gasteiger partial charge is 0.479 e. The number of allylic oxidation sites excluding steroid dienone is 1. The number of halogens is 2. The van der Waals surface area contributed by atoms with Gasteiger partial charge in [0.25, 0.3) is 0 Å². The smallest absolute Gasteiger partial charge is 0.335 e. The van der Waals surface area contributed by atoms with Gasteiger partial charge in [0.1, 0.15) is 6.10 Å². The fourth-order valence-corrected chi connectivity index (χ4v) is 3.81. The van der Waals surface area contributed by atoms with Crippen LogP contribution in [0.2, 0.25) is 10.0 Å². The van der Waals surface area contributed by atoms with E-state index in [4.69, 9.17) is 33.0 Å². The zero-order valence-electron chi connectivity index (χ0n) is 18.1. The van der Waals surface area contributed by atoms with E-state index in [9.17, 15) is 15.0 Å². The van der Waals surface area contributed by atoms with Crippen LogP contribution in [0, 0.1) is 0 Å². The van der Waals surface area contributed by atoms with E-state index in [1.165, 1.54) is 0 Å². The molecule has 2 rings (SSSR count). The number of carboxylic acid groups (broad SMARTS) is 1. The molecule has 0 heterocycles. The highest BCUT2D eigenvalue weighted by atomic mass is 35.5. The normalized spacial score (nSPS) is 14.6. The first-order chi connectivity index (χ1) is 15.2. The SMILES string of the molecule is CC/C=C(/COCC)NC(Cc1ccc(-c2cc(Cl)cc(Cl)c2)cc1)C(O)C(O)C(=O)O. The van der Waals surface area contributed by atoms with E-state index in [-0.39, 0.29) is 6.42 Å². The summed E-state index contributed by atoms with van der Waals surface area (Å²) in [4.78, 5) is 11.2. The maximum absolute atomic E-state index is 11.2. The van der Waals surface area contributed by atoms with Gasteiger partial charge in [0, 0.05) is 22.3 Å².